The second kappa shape index (κ2) is 9.07. The molecule has 0 aliphatic carbocycles. The maximum atomic E-state index is 13.0. The predicted molar refractivity (Wildman–Crippen MR) is 103 cm³/mol. The normalized spacial score (nSPS) is 12.3. The topological polar surface area (TPSA) is 78.8 Å². The Labute approximate surface area is 162 Å². The molecule has 0 radical (unpaired) electrons. The van der Waals surface area contributed by atoms with Gasteiger partial charge in [0, 0.05) is 12.1 Å². The molecule has 1 amide bonds. The van der Waals surface area contributed by atoms with Gasteiger partial charge in [-0.25, -0.2) is 18.2 Å². The van der Waals surface area contributed by atoms with Crippen molar-refractivity contribution in [1.82, 2.24) is 9.73 Å². The molecule has 2 rings (SSSR count). The van der Waals surface area contributed by atoms with Crippen molar-refractivity contribution in [1.29, 1.82) is 0 Å². The van der Waals surface area contributed by atoms with Crippen molar-refractivity contribution in [2.45, 2.75) is 18.2 Å². The van der Waals surface area contributed by atoms with Crippen LogP contribution in [0, 0.1) is 5.82 Å². The summed E-state index contributed by atoms with van der Waals surface area (Å²) in [5, 5.41) is 4.43. The summed E-state index contributed by atoms with van der Waals surface area (Å²) in [7, 11) is -2.53. The largest absolute Gasteiger partial charge is 0.272 e. The first-order valence-corrected chi connectivity index (χ1v) is 9.89. The van der Waals surface area contributed by atoms with Crippen LogP contribution < -0.4 is 5.43 Å². The minimum absolute atomic E-state index is 0.0336. The average molecular weight is 412 g/mol. The summed E-state index contributed by atoms with van der Waals surface area (Å²) in [6.45, 7) is 1.43. The molecule has 2 aromatic carbocycles. The number of benzene rings is 2. The standard InChI is InChI=1S/C18H19ClFN3O3S/c1-3-17(13-4-8-15(20)9-5-13)21-22-18(24)12-23(2)27(25,26)16-10-6-14(19)7-11-16/h4-11H,3,12H2,1-2H3,(H,22,24)/b21-17-. The number of sulfonamides is 1. The van der Waals surface area contributed by atoms with Gasteiger partial charge in [0.15, 0.2) is 0 Å². The zero-order valence-corrected chi connectivity index (χ0v) is 16.4. The molecule has 27 heavy (non-hydrogen) atoms. The third kappa shape index (κ3) is 5.59. The Bertz CT molecular complexity index is 929. The molecule has 144 valence electrons. The van der Waals surface area contributed by atoms with Gasteiger partial charge in [0.05, 0.1) is 17.2 Å². The van der Waals surface area contributed by atoms with Gasteiger partial charge in [0.1, 0.15) is 5.82 Å². The Hall–Kier alpha value is -2.29. The van der Waals surface area contributed by atoms with E-state index in [0.29, 0.717) is 22.7 Å². The third-order valence-electron chi connectivity index (χ3n) is 3.72. The van der Waals surface area contributed by atoms with Crippen molar-refractivity contribution < 1.29 is 17.6 Å². The molecule has 0 saturated carbocycles. The molecule has 0 heterocycles. The summed E-state index contributed by atoms with van der Waals surface area (Å²) < 4.78 is 38.8. The molecule has 0 aromatic heterocycles. The molecule has 0 spiro atoms. The molecule has 0 bridgehead atoms. The molecule has 2 aromatic rings. The quantitative estimate of drug-likeness (QED) is 0.561. The van der Waals surface area contributed by atoms with Gasteiger partial charge in [-0.2, -0.15) is 9.41 Å². The molecule has 1 N–H and O–H groups in total. The molecule has 0 saturated heterocycles. The molecule has 0 aliphatic heterocycles. The molecular formula is C18H19ClFN3O3S. The smallest absolute Gasteiger partial charge is 0.255 e. The number of hydrogen-bond donors (Lipinski definition) is 1. The van der Waals surface area contributed by atoms with Gasteiger partial charge in [0.2, 0.25) is 10.0 Å². The summed E-state index contributed by atoms with van der Waals surface area (Å²) in [5.41, 5.74) is 3.55. The predicted octanol–water partition coefficient (Wildman–Crippen LogP) is 3.03. The molecular weight excluding hydrogens is 393 g/mol. The fraction of sp³-hybridized carbons (Fsp3) is 0.222. The number of likely N-dealkylation sites (N-methyl/N-ethyl adjacent to an activating group) is 1. The lowest BCUT2D eigenvalue weighted by Gasteiger charge is -2.16. The van der Waals surface area contributed by atoms with E-state index >= 15 is 0 Å². The molecule has 0 aliphatic rings. The second-order valence-corrected chi connectivity index (χ2v) is 8.15. The Morgan fingerprint density at radius 3 is 2.30 bits per heavy atom. The van der Waals surface area contributed by atoms with Crippen LogP contribution in [-0.4, -0.2) is 37.9 Å². The maximum absolute atomic E-state index is 13.0. The number of hydrazone groups is 1. The average Bonchev–Trinajstić information content (AvgIpc) is 2.64. The van der Waals surface area contributed by atoms with Crippen LogP contribution in [0.1, 0.15) is 18.9 Å². The highest BCUT2D eigenvalue weighted by Gasteiger charge is 2.22. The van der Waals surface area contributed by atoms with Crippen LogP contribution in [0.25, 0.3) is 0 Å². The summed E-state index contributed by atoms with van der Waals surface area (Å²) in [5.74, 6) is -0.963. The minimum atomic E-state index is -3.83. The lowest BCUT2D eigenvalue weighted by molar-refractivity contribution is -0.121. The summed E-state index contributed by atoms with van der Waals surface area (Å²) in [6, 6.07) is 11.4. The lowest BCUT2D eigenvalue weighted by Crippen LogP contribution is -2.37. The minimum Gasteiger partial charge on any atom is -0.272 e. The van der Waals surface area contributed by atoms with Crippen molar-refractivity contribution in [2.75, 3.05) is 13.6 Å². The van der Waals surface area contributed by atoms with E-state index in [9.17, 15) is 17.6 Å². The second-order valence-electron chi connectivity index (χ2n) is 5.67. The van der Waals surface area contributed by atoms with E-state index in [2.05, 4.69) is 10.5 Å². The summed E-state index contributed by atoms with van der Waals surface area (Å²) in [4.78, 5) is 12.1. The molecule has 0 atom stereocenters. The number of carbonyl (C=O) groups is 1. The fourth-order valence-electron chi connectivity index (χ4n) is 2.23. The van der Waals surface area contributed by atoms with Crippen molar-refractivity contribution in [2.24, 2.45) is 5.10 Å². The van der Waals surface area contributed by atoms with Crippen LogP contribution in [-0.2, 0) is 14.8 Å². The molecule has 0 unspecified atom stereocenters. The van der Waals surface area contributed by atoms with E-state index in [0.717, 1.165) is 4.31 Å². The van der Waals surface area contributed by atoms with Gasteiger partial charge in [-0.3, -0.25) is 4.79 Å². The van der Waals surface area contributed by atoms with Gasteiger partial charge < -0.3 is 0 Å². The monoisotopic (exact) mass is 411 g/mol. The van der Waals surface area contributed by atoms with E-state index in [1.54, 1.807) is 12.1 Å². The van der Waals surface area contributed by atoms with Crippen LogP contribution >= 0.6 is 11.6 Å². The molecule has 0 fully saturated rings. The van der Waals surface area contributed by atoms with E-state index in [-0.39, 0.29) is 10.7 Å². The number of halogens is 2. The zero-order chi connectivity index (χ0) is 20.0. The van der Waals surface area contributed by atoms with Gasteiger partial charge in [0.25, 0.3) is 5.91 Å². The van der Waals surface area contributed by atoms with Gasteiger partial charge >= 0.3 is 0 Å². The highest BCUT2D eigenvalue weighted by atomic mass is 35.5. The Morgan fingerprint density at radius 2 is 1.74 bits per heavy atom. The fourth-order valence-corrected chi connectivity index (χ4v) is 3.48. The number of amides is 1. The van der Waals surface area contributed by atoms with Crippen LogP contribution in [0.15, 0.2) is 58.5 Å². The number of nitrogens with zero attached hydrogens (tertiary/aromatic N) is 2. The Kier molecular flexibility index (Phi) is 7.06. The molecule has 9 heteroatoms. The number of carbonyl (C=O) groups excluding carboxylic acids is 1. The van der Waals surface area contributed by atoms with Crippen LogP contribution in [0.2, 0.25) is 5.02 Å². The first kappa shape index (κ1) is 21.0. The van der Waals surface area contributed by atoms with Gasteiger partial charge in [-0.05, 0) is 48.4 Å². The van der Waals surface area contributed by atoms with E-state index in [1.807, 2.05) is 6.92 Å². The summed E-state index contributed by atoms with van der Waals surface area (Å²) >= 11 is 5.76. The first-order chi connectivity index (χ1) is 12.7. The number of rotatable bonds is 7. The van der Waals surface area contributed by atoms with Gasteiger partial charge in [-0.1, -0.05) is 30.7 Å². The third-order valence-corrected chi connectivity index (χ3v) is 5.79. The van der Waals surface area contributed by atoms with Gasteiger partial charge in [-0.15, -0.1) is 0 Å². The van der Waals surface area contributed by atoms with Crippen molar-refractivity contribution in [3.8, 4) is 0 Å². The first-order valence-electron chi connectivity index (χ1n) is 8.07. The van der Waals surface area contributed by atoms with E-state index in [1.165, 1.54) is 43.4 Å². The lowest BCUT2D eigenvalue weighted by atomic mass is 10.1. The van der Waals surface area contributed by atoms with Crippen molar-refractivity contribution in [3.05, 3.63) is 64.9 Å². The zero-order valence-electron chi connectivity index (χ0n) is 14.8. The SMILES string of the molecule is CC/C(=N/NC(=O)CN(C)S(=O)(=O)c1ccc(Cl)cc1)c1ccc(F)cc1. The maximum Gasteiger partial charge on any atom is 0.255 e. The summed E-state index contributed by atoms with van der Waals surface area (Å²) in [6.07, 6.45) is 0.505. The highest BCUT2D eigenvalue weighted by Crippen LogP contribution is 2.17. The van der Waals surface area contributed by atoms with Crippen LogP contribution in [0.4, 0.5) is 4.39 Å². The van der Waals surface area contributed by atoms with Crippen molar-refractivity contribution in [3.63, 3.8) is 0 Å². The van der Waals surface area contributed by atoms with Crippen LogP contribution in [0.3, 0.4) is 0 Å². The van der Waals surface area contributed by atoms with E-state index in [4.69, 9.17) is 11.6 Å². The van der Waals surface area contributed by atoms with Crippen molar-refractivity contribution >= 4 is 33.2 Å². The number of nitrogens with one attached hydrogen (secondary N) is 1. The highest BCUT2D eigenvalue weighted by molar-refractivity contribution is 7.89. The Balaban J connectivity index is 2.05. The molecule has 6 nitrogen and oxygen atoms in total. The van der Waals surface area contributed by atoms with Crippen LogP contribution in [0.5, 0.6) is 0 Å². The number of hydrogen-bond acceptors (Lipinski definition) is 4. The Morgan fingerprint density at radius 1 is 1.15 bits per heavy atom. The van der Waals surface area contributed by atoms with E-state index < -0.39 is 22.5 Å².